The molecule has 1 amide bonds. The van der Waals surface area contributed by atoms with Crippen LogP contribution in [0, 0.1) is 11.3 Å². The third-order valence-electron chi connectivity index (χ3n) is 6.17. The van der Waals surface area contributed by atoms with Crippen molar-refractivity contribution in [1.29, 1.82) is 5.26 Å². The van der Waals surface area contributed by atoms with Gasteiger partial charge in [0.05, 0.1) is 27.9 Å². The zero-order chi connectivity index (χ0) is 25.2. The van der Waals surface area contributed by atoms with Gasteiger partial charge in [-0.1, -0.05) is 18.2 Å². The van der Waals surface area contributed by atoms with Crippen molar-refractivity contribution in [2.75, 3.05) is 18.8 Å². The Hall–Kier alpha value is -4.42. The smallest absolute Gasteiger partial charge is 0.245 e. The topological polar surface area (TPSA) is 122 Å². The third-order valence-corrected chi connectivity index (χ3v) is 6.48. The maximum absolute atomic E-state index is 12.2. The molecular weight excluding hydrogens is 478 g/mol. The van der Waals surface area contributed by atoms with Crippen LogP contribution in [0.4, 0.5) is 5.95 Å². The summed E-state index contributed by atoms with van der Waals surface area (Å²) >= 11 is 6.69. The Bertz CT molecular complexity index is 1520. The van der Waals surface area contributed by atoms with Crippen LogP contribution in [0.25, 0.3) is 16.9 Å². The number of amides is 1. The predicted octanol–water partition coefficient (Wildman–Crippen LogP) is 4.58. The van der Waals surface area contributed by atoms with Crippen LogP contribution in [-0.2, 0) is 4.79 Å². The number of aromatic nitrogens is 4. The lowest BCUT2D eigenvalue weighted by atomic mass is 9.94. The SMILES string of the molecule is C=CC(=O)N1CCCC(c2nc(-c3ccc(Oc4cc(C#N)ccn4)cc3Cl)n3c(N)nccc23)C1. The quantitative estimate of drug-likeness (QED) is 0.398. The van der Waals surface area contributed by atoms with E-state index in [0.29, 0.717) is 40.8 Å². The van der Waals surface area contributed by atoms with E-state index in [9.17, 15) is 4.79 Å². The number of piperidine rings is 1. The summed E-state index contributed by atoms with van der Waals surface area (Å²) in [7, 11) is 0. The minimum atomic E-state index is -0.0851. The van der Waals surface area contributed by atoms with Crippen LogP contribution in [-0.4, -0.2) is 43.2 Å². The minimum Gasteiger partial charge on any atom is -0.439 e. The molecule has 10 heteroatoms. The Morgan fingerprint density at radius 1 is 1.25 bits per heavy atom. The fourth-order valence-corrected chi connectivity index (χ4v) is 4.75. The van der Waals surface area contributed by atoms with Gasteiger partial charge in [0.15, 0.2) is 0 Å². The molecule has 0 bridgehead atoms. The molecule has 4 aromatic rings. The Morgan fingerprint density at radius 3 is 2.86 bits per heavy atom. The van der Waals surface area contributed by atoms with Crippen molar-refractivity contribution in [2.24, 2.45) is 0 Å². The highest BCUT2D eigenvalue weighted by atomic mass is 35.5. The van der Waals surface area contributed by atoms with E-state index < -0.39 is 0 Å². The highest BCUT2D eigenvalue weighted by molar-refractivity contribution is 6.33. The fourth-order valence-electron chi connectivity index (χ4n) is 4.49. The van der Waals surface area contributed by atoms with Crippen molar-refractivity contribution in [3.05, 3.63) is 77.7 Å². The van der Waals surface area contributed by atoms with Crippen molar-refractivity contribution in [3.63, 3.8) is 0 Å². The Kier molecular flexibility index (Phi) is 6.27. The fraction of sp³-hybridized carbons (Fsp3) is 0.192. The number of imidazole rings is 1. The molecule has 0 saturated carbocycles. The van der Waals surface area contributed by atoms with E-state index in [4.69, 9.17) is 32.3 Å². The van der Waals surface area contributed by atoms with Crippen LogP contribution in [0.15, 0.2) is 61.4 Å². The van der Waals surface area contributed by atoms with Crippen LogP contribution in [0.2, 0.25) is 5.02 Å². The molecule has 1 aliphatic heterocycles. The zero-order valence-electron chi connectivity index (χ0n) is 19.3. The lowest BCUT2D eigenvalue weighted by Gasteiger charge is -2.31. The third kappa shape index (κ3) is 4.34. The molecule has 0 aliphatic carbocycles. The van der Waals surface area contributed by atoms with Crippen molar-refractivity contribution in [1.82, 2.24) is 24.3 Å². The van der Waals surface area contributed by atoms with E-state index in [2.05, 4.69) is 22.6 Å². The van der Waals surface area contributed by atoms with Gasteiger partial charge < -0.3 is 15.4 Å². The van der Waals surface area contributed by atoms with E-state index in [1.54, 1.807) is 45.8 Å². The molecule has 5 rings (SSSR count). The summed E-state index contributed by atoms with van der Waals surface area (Å²) in [5.74, 6) is 1.54. The van der Waals surface area contributed by atoms with Crippen molar-refractivity contribution in [2.45, 2.75) is 18.8 Å². The van der Waals surface area contributed by atoms with Gasteiger partial charge in [0, 0.05) is 49.1 Å². The van der Waals surface area contributed by atoms with Gasteiger partial charge in [0.1, 0.15) is 11.6 Å². The average molecular weight is 500 g/mol. The predicted molar refractivity (Wildman–Crippen MR) is 136 cm³/mol. The number of nitriles is 1. The van der Waals surface area contributed by atoms with Crippen LogP contribution in [0.5, 0.6) is 11.6 Å². The molecule has 1 aliphatic rings. The van der Waals surface area contributed by atoms with Crippen molar-refractivity contribution >= 4 is 29.0 Å². The number of benzene rings is 1. The number of hydrogen-bond acceptors (Lipinski definition) is 7. The van der Waals surface area contributed by atoms with Crippen LogP contribution < -0.4 is 10.5 Å². The summed E-state index contributed by atoms with van der Waals surface area (Å²) < 4.78 is 7.57. The number of ether oxygens (including phenoxy) is 1. The van der Waals surface area contributed by atoms with E-state index >= 15 is 0 Å². The lowest BCUT2D eigenvalue weighted by molar-refractivity contribution is -0.127. The van der Waals surface area contributed by atoms with E-state index in [0.717, 1.165) is 24.1 Å². The van der Waals surface area contributed by atoms with E-state index in [1.165, 1.54) is 12.3 Å². The summed E-state index contributed by atoms with van der Waals surface area (Å²) in [5, 5.41) is 9.49. The summed E-state index contributed by atoms with van der Waals surface area (Å²) in [6.45, 7) is 4.86. The summed E-state index contributed by atoms with van der Waals surface area (Å²) in [6.07, 6.45) is 6.26. The summed E-state index contributed by atoms with van der Waals surface area (Å²) in [6, 6.07) is 12.3. The standard InChI is InChI=1S/C26H22ClN7O2/c1-2-23(35)33-11-3-4-17(15-33)24-21-8-10-31-26(29)34(21)25(32-24)19-6-5-18(13-20(19)27)36-22-12-16(14-28)7-9-30-22/h2,5-10,12-13,17H,1,3-4,11,15H2,(H2,29,31). The normalized spacial score (nSPS) is 15.4. The van der Waals surface area contributed by atoms with Gasteiger partial charge in [-0.3, -0.25) is 9.20 Å². The monoisotopic (exact) mass is 499 g/mol. The first kappa shape index (κ1) is 23.3. The molecule has 1 atom stereocenters. The maximum Gasteiger partial charge on any atom is 0.245 e. The number of carbonyl (C=O) groups is 1. The molecule has 9 nitrogen and oxygen atoms in total. The molecule has 4 heterocycles. The van der Waals surface area contributed by atoms with Gasteiger partial charge in [0.25, 0.3) is 0 Å². The number of nitrogens with zero attached hydrogens (tertiary/aromatic N) is 6. The van der Waals surface area contributed by atoms with Crippen LogP contribution in [0.1, 0.15) is 30.0 Å². The Labute approximate surface area is 212 Å². The number of pyridine rings is 1. The Balaban J connectivity index is 1.52. The van der Waals surface area contributed by atoms with Gasteiger partial charge >= 0.3 is 0 Å². The number of carbonyl (C=O) groups excluding carboxylic acids is 1. The first-order valence-electron chi connectivity index (χ1n) is 11.4. The molecule has 1 aromatic carbocycles. The molecule has 2 N–H and O–H groups in total. The highest BCUT2D eigenvalue weighted by Gasteiger charge is 2.28. The molecular formula is C26H22ClN7O2. The molecule has 1 fully saturated rings. The van der Waals surface area contributed by atoms with E-state index in [-0.39, 0.29) is 23.7 Å². The second-order valence-electron chi connectivity index (χ2n) is 8.41. The molecule has 36 heavy (non-hydrogen) atoms. The van der Waals surface area contributed by atoms with Gasteiger partial charge in [-0.05, 0) is 43.2 Å². The first-order valence-corrected chi connectivity index (χ1v) is 11.7. The summed E-state index contributed by atoms with van der Waals surface area (Å²) in [4.78, 5) is 27.4. The number of nitrogens with two attached hydrogens (primary N) is 1. The number of anilines is 1. The second-order valence-corrected chi connectivity index (χ2v) is 8.82. The van der Waals surface area contributed by atoms with Crippen LogP contribution in [0.3, 0.4) is 0 Å². The molecule has 3 aromatic heterocycles. The van der Waals surface area contributed by atoms with Gasteiger partial charge in [-0.15, -0.1) is 0 Å². The molecule has 0 spiro atoms. The molecule has 0 radical (unpaired) electrons. The maximum atomic E-state index is 12.2. The number of likely N-dealkylation sites (tertiary alicyclic amines) is 1. The molecule has 1 unspecified atom stereocenters. The second kappa shape index (κ2) is 9.68. The first-order chi connectivity index (χ1) is 17.5. The zero-order valence-corrected chi connectivity index (χ0v) is 20.0. The average Bonchev–Trinajstić information content (AvgIpc) is 3.29. The van der Waals surface area contributed by atoms with Gasteiger partial charge in [-0.2, -0.15) is 5.26 Å². The number of rotatable bonds is 5. The number of fused-ring (bicyclic) bond motifs is 1. The minimum absolute atomic E-state index is 0.0352. The van der Waals surface area contributed by atoms with Crippen LogP contribution >= 0.6 is 11.6 Å². The van der Waals surface area contributed by atoms with Gasteiger partial charge in [0.2, 0.25) is 17.7 Å². The van der Waals surface area contributed by atoms with Crippen molar-refractivity contribution in [3.8, 4) is 29.1 Å². The lowest BCUT2D eigenvalue weighted by Crippen LogP contribution is -2.38. The van der Waals surface area contributed by atoms with Gasteiger partial charge in [-0.25, -0.2) is 15.0 Å². The molecule has 180 valence electrons. The number of halogens is 1. The Morgan fingerprint density at radius 2 is 2.08 bits per heavy atom. The largest absolute Gasteiger partial charge is 0.439 e. The summed E-state index contributed by atoms with van der Waals surface area (Å²) in [5.41, 5.74) is 9.04. The van der Waals surface area contributed by atoms with Crippen molar-refractivity contribution < 1.29 is 9.53 Å². The highest BCUT2D eigenvalue weighted by Crippen LogP contribution is 2.37. The van der Waals surface area contributed by atoms with E-state index in [1.807, 2.05) is 6.07 Å². The number of nitrogen functional groups attached to an aromatic ring is 1. The molecule has 1 saturated heterocycles. The number of hydrogen-bond donors (Lipinski definition) is 1.